The molecule has 0 aromatic heterocycles. The van der Waals surface area contributed by atoms with Gasteiger partial charge in [-0.25, -0.2) is 0 Å². The fourth-order valence-corrected chi connectivity index (χ4v) is 2.58. The number of halogens is 1. The molecule has 2 aromatic carbocycles. The van der Waals surface area contributed by atoms with Gasteiger partial charge in [0.15, 0.2) is 0 Å². The van der Waals surface area contributed by atoms with Crippen molar-refractivity contribution in [3.8, 4) is 11.5 Å². The largest absolute Gasteiger partial charge is 0.469 e. The van der Waals surface area contributed by atoms with Gasteiger partial charge in [-0.2, -0.15) is 0 Å². The lowest BCUT2D eigenvalue weighted by Crippen LogP contribution is -2.41. The number of nitrogens with two attached hydrogens (primary N) is 1. The molecule has 0 saturated heterocycles. The zero-order chi connectivity index (χ0) is 19.8. The summed E-state index contributed by atoms with van der Waals surface area (Å²) in [4.78, 5) is 24.5. The van der Waals surface area contributed by atoms with E-state index in [1.165, 1.54) is 12.0 Å². The fraction of sp³-hybridized carbons (Fsp3) is 0.333. The highest BCUT2D eigenvalue weighted by Crippen LogP contribution is 2.23. The summed E-state index contributed by atoms with van der Waals surface area (Å²) < 4.78 is 10.5. The Morgan fingerprint density at radius 2 is 1.46 bits per heavy atom. The first-order chi connectivity index (χ1) is 12.9. The minimum atomic E-state index is -0.552. The first-order valence-electron chi connectivity index (χ1n) is 8.78. The molecule has 7 heteroatoms. The molecule has 152 valence electrons. The van der Waals surface area contributed by atoms with Gasteiger partial charge in [0, 0.05) is 20.5 Å². The number of benzene rings is 2. The van der Waals surface area contributed by atoms with E-state index in [2.05, 4.69) is 4.74 Å². The monoisotopic (exact) mass is 406 g/mol. The van der Waals surface area contributed by atoms with Crippen LogP contribution in [-0.2, 0) is 27.2 Å². The van der Waals surface area contributed by atoms with Crippen molar-refractivity contribution in [2.75, 3.05) is 21.2 Å². The molecule has 1 unspecified atom stereocenters. The van der Waals surface area contributed by atoms with Gasteiger partial charge >= 0.3 is 5.97 Å². The highest BCUT2D eigenvalue weighted by atomic mass is 35.5. The van der Waals surface area contributed by atoms with Crippen LogP contribution in [0.15, 0.2) is 48.5 Å². The average molecular weight is 407 g/mol. The molecule has 2 rings (SSSR count). The summed E-state index contributed by atoms with van der Waals surface area (Å²) in [5.74, 6) is 1.10. The Bertz CT molecular complexity index is 761. The Labute approximate surface area is 172 Å². The summed E-state index contributed by atoms with van der Waals surface area (Å²) >= 11 is 0. The van der Waals surface area contributed by atoms with Crippen molar-refractivity contribution in [2.24, 2.45) is 5.73 Å². The first-order valence-corrected chi connectivity index (χ1v) is 8.78. The number of ether oxygens (including phenoxy) is 2. The van der Waals surface area contributed by atoms with E-state index in [9.17, 15) is 9.59 Å². The number of hydrogen-bond donors (Lipinski definition) is 1. The lowest BCUT2D eigenvalue weighted by Gasteiger charge is -2.16. The normalized spacial score (nSPS) is 11.1. The maximum Gasteiger partial charge on any atom is 0.305 e. The maximum absolute atomic E-state index is 11.8. The topological polar surface area (TPSA) is 81.9 Å². The molecule has 1 atom stereocenters. The fourth-order valence-electron chi connectivity index (χ4n) is 2.58. The van der Waals surface area contributed by atoms with E-state index in [1.807, 2.05) is 48.5 Å². The zero-order valence-corrected chi connectivity index (χ0v) is 17.2. The van der Waals surface area contributed by atoms with E-state index in [1.54, 1.807) is 14.1 Å². The third-order valence-electron chi connectivity index (χ3n) is 4.14. The van der Waals surface area contributed by atoms with Crippen LogP contribution in [0.1, 0.15) is 17.5 Å². The number of carbonyl (C=O) groups excluding carboxylic acids is 2. The summed E-state index contributed by atoms with van der Waals surface area (Å²) in [5, 5.41) is 0. The van der Waals surface area contributed by atoms with E-state index < -0.39 is 6.04 Å². The molecule has 0 heterocycles. The number of nitrogens with zero attached hydrogens (tertiary/aromatic N) is 1. The zero-order valence-electron chi connectivity index (χ0n) is 16.4. The molecule has 6 nitrogen and oxygen atoms in total. The van der Waals surface area contributed by atoms with E-state index >= 15 is 0 Å². The minimum Gasteiger partial charge on any atom is -0.469 e. The van der Waals surface area contributed by atoms with Gasteiger partial charge in [0.05, 0.1) is 13.2 Å². The second kappa shape index (κ2) is 11.3. The van der Waals surface area contributed by atoms with Crippen LogP contribution in [0.25, 0.3) is 0 Å². The Balaban J connectivity index is 0.00000392. The number of carbonyl (C=O) groups is 2. The van der Waals surface area contributed by atoms with E-state index in [4.69, 9.17) is 10.5 Å². The van der Waals surface area contributed by atoms with Crippen LogP contribution >= 0.6 is 12.4 Å². The molecule has 0 bridgehead atoms. The molecule has 2 aromatic rings. The lowest BCUT2D eigenvalue weighted by atomic mass is 10.1. The molecule has 0 fully saturated rings. The van der Waals surface area contributed by atoms with E-state index in [0.29, 0.717) is 30.8 Å². The molecule has 2 N–H and O–H groups in total. The number of hydrogen-bond acceptors (Lipinski definition) is 5. The van der Waals surface area contributed by atoms with Gasteiger partial charge in [0.25, 0.3) is 0 Å². The van der Waals surface area contributed by atoms with Crippen molar-refractivity contribution < 1.29 is 19.1 Å². The Morgan fingerprint density at radius 1 is 0.964 bits per heavy atom. The van der Waals surface area contributed by atoms with Crippen LogP contribution in [0.3, 0.4) is 0 Å². The molecule has 0 spiro atoms. The van der Waals surface area contributed by atoms with E-state index in [-0.39, 0.29) is 24.3 Å². The number of amides is 1. The van der Waals surface area contributed by atoms with E-state index in [0.717, 1.165) is 11.1 Å². The summed E-state index contributed by atoms with van der Waals surface area (Å²) in [6.45, 7) is 0. The summed E-state index contributed by atoms with van der Waals surface area (Å²) in [6, 6.07) is 14.6. The minimum absolute atomic E-state index is 0. The van der Waals surface area contributed by atoms with Crippen molar-refractivity contribution in [3.05, 3.63) is 59.7 Å². The quantitative estimate of drug-likeness (QED) is 0.681. The van der Waals surface area contributed by atoms with Crippen molar-refractivity contribution in [3.63, 3.8) is 0 Å². The Morgan fingerprint density at radius 3 is 1.93 bits per heavy atom. The predicted molar refractivity (Wildman–Crippen MR) is 111 cm³/mol. The van der Waals surface area contributed by atoms with Gasteiger partial charge in [-0.15, -0.1) is 12.4 Å². The standard InChI is InChI=1S/C21H26N2O4.ClH/c1-23(2)21(25)19(22)14-16-6-11-18(12-7-16)27-17-9-4-15(5-10-17)8-13-20(24)26-3;/h4-7,9-12,19H,8,13-14,22H2,1-3H3;1H. The van der Waals surface area contributed by atoms with Crippen molar-refractivity contribution in [1.82, 2.24) is 4.90 Å². The second-order valence-corrected chi connectivity index (χ2v) is 6.51. The first kappa shape index (κ1) is 23.5. The van der Waals surface area contributed by atoms with Crippen LogP contribution < -0.4 is 10.5 Å². The number of methoxy groups -OCH3 is 1. The summed E-state index contributed by atoms with van der Waals surface area (Å²) in [7, 11) is 4.78. The van der Waals surface area contributed by atoms with Crippen molar-refractivity contribution in [1.29, 1.82) is 0 Å². The average Bonchev–Trinajstić information content (AvgIpc) is 2.67. The smallest absolute Gasteiger partial charge is 0.305 e. The molecule has 1 amide bonds. The molecule has 0 saturated carbocycles. The van der Waals surface area contributed by atoms with Crippen LogP contribution in [0.2, 0.25) is 0 Å². The molecular formula is C21H27ClN2O4. The van der Waals surface area contributed by atoms with Gasteiger partial charge in [-0.3, -0.25) is 9.59 Å². The SMILES string of the molecule is COC(=O)CCc1ccc(Oc2ccc(CC(N)C(=O)N(C)C)cc2)cc1.Cl. The lowest BCUT2D eigenvalue weighted by molar-refractivity contribution is -0.140. The Kier molecular flexibility index (Phi) is 9.48. The van der Waals surface area contributed by atoms with Gasteiger partial charge < -0.3 is 20.1 Å². The maximum atomic E-state index is 11.8. The van der Waals surface area contributed by atoms with Crippen molar-refractivity contribution >= 4 is 24.3 Å². The highest BCUT2D eigenvalue weighted by molar-refractivity contribution is 5.85. The van der Waals surface area contributed by atoms with Gasteiger partial charge in [-0.1, -0.05) is 24.3 Å². The molecule has 0 aliphatic rings. The van der Waals surface area contributed by atoms with Crippen LogP contribution in [0.4, 0.5) is 0 Å². The van der Waals surface area contributed by atoms with Gasteiger partial charge in [0.2, 0.25) is 5.91 Å². The number of rotatable bonds is 8. The second-order valence-electron chi connectivity index (χ2n) is 6.51. The summed E-state index contributed by atoms with van der Waals surface area (Å²) in [5.41, 5.74) is 7.95. The summed E-state index contributed by atoms with van der Waals surface area (Å²) in [6.07, 6.45) is 1.47. The Hall–Kier alpha value is -2.57. The number of likely N-dealkylation sites (N-methyl/N-ethyl adjacent to an activating group) is 1. The predicted octanol–water partition coefficient (Wildman–Crippen LogP) is 2.96. The number of aryl methyl sites for hydroxylation is 1. The third-order valence-corrected chi connectivity index (χ3v) is 4.14. The van der Waals surface area contributed by atoms with Crippen LogP contribution in [-0.4, -0.2) is 44.0 Å². The number of esters is 1. The molecular weight excluding hydrogens is 380 g/mol. The van der Waals surface area contributed by atoms with Crippen molar-refractivity contribution in [2.45, 2.75) is 25.3 Å². The third kappa shape index (κ3) is 7.21. The molecule has 0 aliphatic heterocycles. The van der Waals surface area contributed by atoms with Gasteiger partial charge in [-0.05, 0) is 48.2 Å². The van der Waals surface area contributed by atoms with Crippen LogP contribution in [0.5, 0.6) is 11.5 Å². The molecule has 0 radical (unpaired) electrons. The van der Waals surface area contributed by atoms with Crippen LogP contribution in [0, 0.1) is 0 Å². The molecule has 0 aliphatic carbocycles. The van der Waals surface area contributed by atoms with Gasteiger partial charge in [0.1, 0.15) is 11.5 Å². The molecule has 28 heavy (non-hydrogen) atoms. The highest BCUT2D eigenvalue weighted by Gasteiger charge is 2.15.